The summed E-state index contributed by atoms with van der Waals surface area (Å²) in [4.78, 5) is 56.5. The van der Waals surface area contributed by atoms with E-state index in [9.17, 15) is 32.3 Å². The highest BCUT2D eigenvalue weighted by molar-refractivity contribution is 8.00. The average Bonchev–Trinajstić information content (AvgIpc) is 3.57. The number of thiazole rings is 1. The zero-order valence-electron chi connectivity index (χ0n) is 25.6. The lowest BCUT2D eigenvalue weighted by Gasteiger charge is -2.30. The van der Waals surface area contributed by atoms with E-state index in [1.165, 1.54) is 12.1 Å². The molecule has 0 radical (unpaired) electrons. The summed E-state index contributed by atoms with van der Waals surface area (Å²) in [6, 6.07) is 22.5. The molecule has 1 fully saturated rings. The topological polar surface area (TPSA) is 118 Å². The highest BCUT2D eigenvalue weighted by Crippen LogP contribution is 2.54. The van der Waals surface area contributed by atoms with Crippen molar-refractivity contribution in [2.24, 2.45) is 5.92 Å². The van der Waals surface area contributed by atoms with Crippen molar-refractivity contribution in [1.82, 2.24) is 4.98 Å². The van der Waals surface area contributed by atoms with Crippen LogP contribution in [0.15, 0.2) is 94.7 Å². The van der Waals surface area contributed by atoms with Crippen molar-refractivity contribution >= 4 is 63.0 Å². The first kappa shape index (κ1) is 32.5. The van der Waals surface area contributed by atoms with Crippen molar-refractivity contribution in [1.29, 1.82) is 0 Å². The third kappa shape index (κ3) is 6.06. The third-order valence-corrected chi connectivity index (χ3v) is 10.7. The van der Waals surface area contributed by atoms with Gasteiger partial charge in [0.1, 0.15) is 5.25 Å². The molecule has 49 heavy (non-hydrogen) atoms. The number of fused-ring (bicyclic) bond motifs is 3. The first-order chi connectivity index (χ1) is 23.5. The summed E-state index contributed by atoms with van der Waals surface area (Å²) in [7, 11) is 0. The number of carbonyl (C=O) groups is 3. The molecule has 0 saturated carbocycles. The number of thioether (sulfide) groups is 1. The molecule has 0 bridgehead atoms. The molecule has 1 aromatic heterocycles. The quantitative estimate of drug-likeness (QED) is 0.170. The number of nitrogens with one attached hydrogen (secondary N) is 2. The number of hydrogen-bond donors (Lipinski definition) is 2. The minimum Gasteiger partial charge on any atom is -0.490 e. The van der Waals surface area contributed by atoms with Crippen molar-refractivity contribution in [3.8, 4) is 11.5 Å². The number of carbonyl (C=O) groups excluding carboxylic acids is 3. The van der Waals surface area contributed by atoms with Gasteiger partial charge in [0.25, 0.3) is 5.91 Å². The molecule has 14 heteroatoms. The van der Waals surface area contributed by atoms with Crippen molar-refractivity contribution in [2.45, 2.75) is 29.3 Å². The molecule has 9 nitrogen and oxygen atoms in total. The van der Waals surface area contributed by atoms with Gasteiger partial charge in [-0.15, -0.1) is 0 Å². The predicted molar refractivity (Wildman–Crippen MR) is 180 cm³/mol. The number of alkyl halides is 3. The highest BCUT2D eigenvalue weighted by Gasteiger charge is 2.57. The van der Waals surface area contributed by atoms with Crippen molar-refractivity contribution in [2.75, 3.05) is 23.4 Å². The number of imide groups is 1. The molecule has 2 aliphatic rings. The van der Waals surface area contributed by atoms with E-state index >= 15 is 0 Å². The Hall–Kier alpha value is -5.08. The molecular formula is C35H26F3N3O6S2. The molecule has 3 heterocycles. The number of aromatic nitrogens is 1. The largest absolute Gasteiger partial charge is 0.490 e. The lowest BCUT2D eigenvalue weighted by Crippen LogP contribution is -2.33. The lowest BCUT2D eigenvalue weighted by molar-refractivity contribution is -0.137. The maximum atomic E-state index is 14.0. The van der Waals surface area contributed by atoms with Crippen molar-refractivity contribution in [3.63, 3.8) is 0 Å². The lowest BCUT2D eigenvalue weighted by atomic mass is 9.83. The van der Waals surface area contributed by atoms with Gasteiger partial charge in [-0.2, -0.15) is 13.2 Å². The molecule has 250 valence electrons. The third-order valence-electron chi connectivity index (χ3n) is 8.29. The van der Waals surface area contributed by atoms with Crippen LogP contribution in [0, 0.1) is 5.92 Å². The molecular weight excluding hydrogens is 680 g/mol. The van der Waals surface area contributed by atoms with Crippen LogP contribution in [0.4, 0.5) is 24.5 Å². The van der Waals surface area contributed by atoms with Crippen LogP contribution >= 0.6 is 23.1 Å². The van der Waals surface area contributed by atoms with E-state index in [2.05, 4.69) is 10.3 Å². The van der Waals surface area contributed by atoms with Crippen LogP contribution < -0.4 is 24.6 Å². The summed E-state index contributed by atoms with van der Waals surface area (Å²) in [5.74, 6) is -3.53. The van der Waals surface area contributed by atoms with Gasteiger partial charge in [-0.25, -0.2) is 4.90 Å². The zero-order valence-corrected chi connectivity index (χ0v) is 27.2. The van der Waals surface area contributed by atoms with Gasteiger partial charge in [0.05, 0.1) is 28.8 Å². The molecule has 2 unspecified atom stereocenters. The number of para-hydroxylation sites is 1. The van der Waals surface area contributed by atoms with Gasteiger partial charge in [0, 0.05) is 16.5 Å². The Labute approximate surface area is 285 Å². The number of rotatable bonds is 8. The maximum absolute atomic E-state index is 14.0. The molecule has 2 N–H and O–H groups in total. The number of benzene rings is 4. The molecule has 3 amide bonds. The van der Waals surface area contributed by atoms with Crippen LogP contribution in [0.3, 0.4) is 0 Å². The van der Waals surface area contributed by atoms with E-state index in [1.807, 2.05) is 36.4 Å². The number of amides is 3. The number of hydrogen-bond acceptors (Lipinski definition) is 8. The molecule has 1 saturated heterocycles. The van der Waals surface area contributed by atoms with E-state index in [1.54, 1.807) is 31.2 Å². The van der Waals surface area contributed by atoms with Gasteiger partial charge in [-0.05, 0) is 59.7 Å². The Balaban J connectivity index is 1.19. The summed E-state index contributed by atoms with van der Waals surface area (Å²) in [6.45, 7) is 1.63. The molecule has 5 aromatic rings. The normalized spacial score (nSPS) is 18.7. The minimum atomic E-state index is -4.81. The number of anilines is 2. The Morgan fingerprint density at radius 1 is 0.898 bits per heavy atom. The van der Waals surface area contributed by atoms with Crippen LogP contribution in [0.2, 0.25) is 0 Å². The van der Waals surface area contributed by atoms with Gasteiger partial charge in [-0.3, -0.25) is 19.2 Å². The fourth-order valence-electron chi connectivity index (χ4n) is 6.24. The van der Waals surface area contributed by atoms with Crippen molar-refractivity contribution < 1.29 is 37.0 Å². The summed E-state index contributed by atoms with van der Waals surface area (Å²) in [6.07, 6.45) is -4.81. The second-order valence-electron chi connectivity index (χ2n) is 11.3. The summed E-state index contributed by atoms with van der Waals surface area (Å²) < 4.78 is 53.6. The molecule has 4 aromatic carbocycles. The summed E-state index contributed by atoms with van der Waals surface area (Å²) in [5.41, 5.74) is -0.571. The molecule has 0 spiro atoms. The van der Waals surface area contributed by atoms with Gasteiger partial charge < -0.3 is 19.8 Å². The van der Waals surface area contributed by atoms with Gasteiger partial charge in [0.15, 0.2) is 18.1 Å². The van der Waals surface area contributed by atoms with Crippen LogP contribution in [0.1, 0.15) is 28.8 Å². The number of aromatic amines is 1. The second kappa shape index (κ2) is 12.7. The van der Waals surface area contributed by atoms with Gasteiger partial charge in [-0.1, -0.05) is 71.6 Å². The smallest absolute Gasteiger partial charge is 0.418 e. The van der Waals surface area contributed by atoms with E-state index in [-0.39, 0.29) is 24.7 Å². The Bertz CT molecular complexity index is 2180. The van der Waals surface area contributed by atoms with Crippen molar-refractivity contribution in [3.05, 3.63) is 111 Å². The average molecular weight is 706 g/mol. The number of nitrogens with zero attached hydrogens (tertiary/aromatic N) is 1. The highest BCUT2D eigenvalue weighted by atomic mass is 32.2. The summed E-state index contributed by atoms with van der Waals surface area (Å²) >= 11 is 1.83. The van der Waals surface area contributed by atoms with Crippen LogP contribution in [0.5, 0.6) is 11.5 Å². The monoisotopic (exact) mass is 705 g/mol. The van der Waals surface area contributed by atoms with Crippen LogP contribution in [-0.4, -0.2) is 41.2 Å². The first-order valence-corrected chi connectivity index (χ1v) is 16.8. The number of halogens is 3. The van der Waals surface area contributed by atoms with E-state index in [0.717, 1.165) is 46.0 Å². The predicted octanol–water partition coefficient (Wildman–Crippen LogP) is 6.82. The molecule has 2 aliphatic heterocycles. The zero-order chi connectivity index (χ0) is 34.4. The second-order valence-corrected chi connectivity index (χ2v) is 13.5. The fourth-order valence-corrected chi connectivity index (χ4v) is 8.75. The van der Waals surface area contributed by atoms with E-state index < -0.39 is 57.1 Å². The van der Waals surface area contributed by atoms with Crippen LogP contribution in [-0.2, 0) is 20.6 Å². The van der Waals surface area contributed by atoms with E-state index in [4.69, 9.17) is 9.47 Å². The van der Waals surface area contributed by atoms with Crippen LogP contribution in [0.25, 0.3) is 10.8 Å². The van der Waals surface area contributed by atoms with E-state index in [0.29, 0.717) is 26.1 Å². The first-order valence-electron chi connectivity index (χ1n) is 15.2. The Morgan fingerprint density at radius 3 is 2.43 bits per heavy atom. The number of H-pyrrole nitrogens is 1. The minimum absolute atomic E-state index is 0.220. The van der Waals surface area contributed by atoms with Gasteiger partial charge in [0.2, 0.25) is 11.8 Å². The molecule has 0 aliphatic carbocycles. The molecule has 7 rings (SSSR count). The summed E-state index contributed by atoms with van der Waals surface area (Å²) in [5, 5.41) is 4.08. The van der Waals surface area contributed by atoms with Gasteiger partial charge >= 0.3 is 11.0 Å². The Morgan fingerprint density at radius 2 is 1.65 bits per heavy atom. The maximum Gasteiger partial charge on any atom is 0.418 e. The Kier molecular flexibility index (Phi) is 8.45. The number of ether oxygens (including phenoxy) is 2. The molecule has 3 atom stereocenters. The standard InChI is InChI=1S/C35H26F3N3O6S2/c1-2-46-25-16-20(12-14-24(25)47-17-26(42)39-21-13-11-18-7-3-4-8-19(18)15-21)27-28-30(48-31-29(27)49-34(45)40-31)33(44)41(32(28)43)23-10-6-5-9-22(23)35(36,37)38/h3-16,27-28,30H,2,17H2,1H3,(H,39,42)(H,40,45)/t27-,28?,30?/m1/s1. The fraction of sp³-hybridized carbons (Fsp3) is 0.200. The SMILES string of the molecule is CCOc1cc([C@H]2c3sc(=O)[nH]c3SC3C(=O)N(c4ccccc4C(F)(F)F)C(=O)C32)ccc1OCC(=O)Nc1ccc2ccccc2c1.